The molecule has 0 amide bonds. The molecule has 0 unspecified atom stereocenters. The number of pyridine rings is 1. The van der Waals surface area contributed by atoms with Crippen LogP contribution in [0.2, 0.25) is 0 Å². The lowest BCUT2D eigenvalue weighted by Gasteiger charge is -2.25. The molecular formula is C19H24N4OS. The predicted octanol–water partition coefficient (Wildman–Crippen LogP) is 3.22. The number of benzene rings is 1. The molecule has 0 aliphatic carbocycles. The van der Waals surface area contributed by atoms with Crippen LogP contribution in [0.4, 0.5) is 11.5 Å². The average molecular weight is 356 g/mol. The van der Waals surface area contributed by atoms with Gasteiger partial charge in [0.15, 0.2) is 16.7 Å². The molecule has 1 aliphatic heterocycles. The number of anilines is 2. The molecule has 2 aromatic rings. The van der Waals surface area contributed by atoms with Gasteiger partial charge in [0.25, 0.3) is 0 Å². The highest BCUT2D eigenvalue weighted by Crippen LogP contribution is 2.31. The average Bonchev–Trinajstić information content (AvgIpc) is 2.94. The first-order valence-electron chi connectivity index (χ1n) is 8.57. The number of fused-ring (bicyclic) bond motifs is 1. The van der Waals surface area contributed by atoms with Gasteiger partial charge in [-0.25, -0.2) is 4.98 Å². The third kappa shape index (κ3) is 4.20. The molecule has 5 nitrogen and oxygen atoms in total. The maximum absolute atomic E-state index is 5.35. The number of nitrogens with one attached hydrogen (secondary N) is 2. The molecule has 132 valence electrons. The Morgan fingerprint density at radius 1 is 1.32 bits per heavy atom. The maximum Gasteiger partial charge on any atom is 0.174 e. The number of hydrogen-bond donors (Lipinski definition) is 2. The van der Waals surface area contributed by atoms with Gasteiger partial charge in [-0.3, -0.25) is 0 Å². The molecule has 6 heteroatoms. The van der Waals surface area contributed by atoms with Gasteiger partial charge in [0.2, 0.25) is 0 Å². The van der Waals surface area contributed by atoms with Crippen LogP contribution in [0, 0.1) is 0 Å². The second-order valence-corrected chi connectivity index (χ2v) is 6.57. The highest BCUT2D eigenvalue weighted by atomic mass is 32.1. The molecule has 1 aromatic carbocycles. The Bertz CT molecular complexity index is 737. The van der Waals surface area contributed by atoms with Gasteiger partial charge >= 0.3 is 0 Å². The number of methoxy groups -OCH3 is 1. The molecule has 3 rings (SSSR count). The summed E-state index contributed by atoms with van der Waals surface area (Å²) >= 11 is 5.35. The lowest BCUT2D eigenvalue weighted by atomic mass is 10.1. The van der Waals surface area contributed by atoms with Crippen molar-refractivity contribution < 1.29 is 4.74 Å². The number of ether oxygens (including phenoxy) is 1. The fraction of sp³-hybridized carbons (Fsp3) is 0.368. The highest BCUT2D eigenvalue weighted by Gasteiger charge is 2.24. The fourth-order valence-corrected chi connectivity index (χ4v) is 3.42. The van der Waals surface area contributed by atoms with Crippen LogP contribution in [0.5, 0.6) is 5.75 Å². The zero-order valence-corrected chi connectivity index (χ0v) is 15.5. The summed E-state index contributed by atoms with van der Waals surface area (Å²) in [4.78, 5) is 6.73. The molecule has 2 heterocycles. The zero-order valence-electron chi connectivity index (χ0n) is 14.7. The minimum absolute atomic E-state index is 0.556. The third-order valence-electron chi connectivity index (χ3n) is 4.43. The molecule has 1 atom stereocenters. The lowest BCUT2D eigenvalue weighted by Crippen LogP contribution is -2.34. The number of hydrogen-bond acceptors (Lipinski definition) is 4. The molecule has 0 bridgehead atoms. The molecule has 0 saturated heterocycles. The van der Waals surface area contributed by atoms with Gasteiger partial charge in [-0.1, -0.05) is 18.2 Å². The van der Waals surface area contributed by atoms with Crippen molar-refractivity contribution in [2.75, 3.05) is 30.4 Å². The second kappa shape index (κ2) is 8.16. The molecule has 0 saturated carbocycles. The first-order valence-corrected chi connectivity index (χ1v) is 8.98. The van der Waals surface area contributed by atoms with E-state index in [1.807, 2.05) is 12.1 Å². The molecule has 1 aliphatic rings. The monoisotopic (exact) mass is 356 g/mol. The van der Waals surface area contributed by atoms with Crippen molar-refractivity contribution in [3.8, 4) is 5.75 Å². The van der Waals surface area contributed by atoms with Gasteiger partial charge in [-0.2, -0.15) is 0 Å². The molecule has 25 heavy (non-hydrogen) atoms. The van der Waals surface area contributed by atoms with Gasteiger partial charge in [0.05, 0.1) is 7.11 Å². The van der Waals surface area contributed by atoms with E-state index in [4.69, 9.17) is 17.0 Å². The Morgan fingerprint density at radius 2 is 2.16 bits per heavy atom. The number of aromatic nitrogens is 1. The van der Waals surface area contributed by atoms with E-state index >= 15 is 0 Å². The smallest absolute Gasteiger partial charge is 0.174 e. The van der Waals surface area contributed by atoms with Crippen molar-refractivity contribution in [2.45, 2.75) is 25.8 Å². The fourth-order valence-electron chi connectivity index (χ4n) is 3.22. The van der Waals surface area contributed by atoms with Crippen LogP contribution in [0.3, 0.4) is 0 Å². The van der Waals surface area contributed by atoms with Gasteiger partial charge in [0.1, 0.15) is 0 Å². The number of nitrogens with zero attached hydrogens (tertiary/aromatic N) is 2. The van der Waals surface area contributed by atoms with Crippen molar-refractivity contribution in [3.63, 3.8) is 0 Å². The summed E-state index contributed by atoms with van der Waals surface area (Å²) in [6.07, 6.45) is 3.85. The number of para-hydroxylation sites is 1. The van der Waals surface area contributed by atoms with E-state index in [1.165, 1.54) is 11.3 Å². The molecule has 0 radical (unpaired) electrons. The molecular weight excluding hydrogens is 332 g/mol. The summed E-state index contributed by atoms with van der Waals surface area (Å²) in [6, 6.07) is 12.9. The van der Waals surface area contributed by atoms with Crippen LogP contribution in [-0.2, 0) is 6.42 Å². The second-order valence-electron chi connectivity index (χ2n) is 6.16. The van der Waals surface area contributed by atoms with Crippen LogP contribution in [0.15, 0.2) is 42.6 Å². The van der Waals surface area contributed by atoms with E-state index in [0.717, 1.165) is 25.9 Å². The zero-order chi connectivity index (χ0) is 17.6. The van der Waals surface area contributed by atoms with Crippen LogP contribution >= 0.6 is 12.2 Å². The third-order valence-corrected chi connectivity index (χ3v) is 4.68. The summed E-state index contributed by atoms with van der Waals surface area (Å²) in [5.41, 5.74) is 2.82. The quantitative estimate of drug-likeness (QED) is 0.612. The molecule has 0 fully saturated rings. The summed E-state index contributed by atoms with van der Waals surface area (Å²) in [5, 5.41) is 6.89. The highest BCUT2D eigenvalue weighted by molar-refractivity contribution is 7.80. The van der Waals surface area contributed by atoms with Crippen LogP contribution in [-0.4, -0.2) is 36.3 Å². The van der Waals surface area contributed by atoms with Gasteiger partial charge in [-0.05, 0) is 55.7 Å². The standard InChI is InChI=1S/C19H24N4OS/c1-14-13-15-7-3-4-8-16(15)23(14)12-6-11-21-19(25)22-18-17(24-2)9-5-10-20-18/h3-5,7-10,14H,6,11-13H2,1-2H3,(H2,20,21,22,25)/t14-/m1/s1. The molecule has 0 spiro atoms. The van der Waals surface area contributed by atoms with Gasteiger partial charge < -0.3 is 20.3 Å². The topological polar surface area (TPSA) is 49.4 Å². The van der Waals surface area contributed by atoms with Crippen LogP contribution < -0.4 is 20.3 Å². The van der Waals surface area contributed by atoms with Crippen molar-refractivity contribution in [1.29, 1.82) is 0 Å². The first kappa shape index (κ1) is 17.5. The molecule has 2 N–H and O–H groups in total. The minimum atomic E-state index is 0.556. The van der Waals surface area contributed by atoms with E-state index in [0.29, 0.717) is 22.7 Å². The Balaban J connectivity index is 1.45. The summed E-state index contributed by atoms with van der Waals surface area (Å²) in [7, 11) is 1.62. The van der Waals surface area contributed by atoms with Crippen molar-refractivity contribution in [2.24, 2.45) is 0 Å². The Labute approximate surface area is 154 Å². The van der Waals surface area contributed by atoms with E-state index in [-0.39, 0.29) is 0 Å². The maximum atomic E-state index is 5.35. The van der Waals surface area contributed by atoms with Crippen molar-refractivity contribution >= 4 is 28.8 Å². The lowest BCUT2D eigenvalue weighted by molar-refractivity contribution is 0.415. The Kier molecular flexibility index (Phi) is 5.71. The van der Waals surface area contributed by atoms with E-state index in [1.54, 1.807) is 13.3 Å². The van der Waals surface area contributed by atoms with Crippen molar-refractivity contribution in [1.82, 2.24) is 10.3 Å². The Morgan fingerprint density at radius 3 is 3.00 bits per heavy atom. The minimum Gasteiger partial charge on any atom is -0.493 e. The van der Waals surface area contributed by atoms with E-state index in [9.17, 15) is 0 Å². The van der Waals surface area contributed by atoms with E-state index in [2.05, 4.69) is 51.7 Å². The summed E-state index contributed by atoms with van der Waals surface area (Å²) in [5.74, 6) is 1.30. The normalized spacial score (nSPS) is 15.6. The Hall–Kier alpha value is -2.34. The predicted molar refractivity (Wildman–Crippen MR) is 107 cm³/mol. The number of thiocarbonyl (C=S) groups is 1. The van der Waals surface area contributed by atoms with E-state index < -0.39 is 0 Å². The summed E-state index contributed by atoms with van der Waals surface area (Å²) in [6.45, 7) is 4.11. The molecule has 1 aromatic heterocycles. The number of rotatable bonds is 6. The van der Waals surface area contributed by atoms with Crippen molar-refractivity contribution in [3.05, 3.63) is 48.2 Å². The van der Waals surface area contributed by atoms with Crippen LogP contribution in [0.1, 0.15) is 18.9 Å². The SMILES string of the molecule is COc1cccnc1NC(=S)NCCCN1c2ccccc2C[C@H]1C. The largest absolute Gasteiger partial charge is 0.493 e. The van der Waals surface area contributed by atoms with Crippen LogP contribution in [0.25, 0.3) is 0 Å². The first-order chi connectivity index (χ1) is 12.2. The summed E-state index contributed by atoms with van der Waals surface area (Å²) < 4.78 is 5.27. The van der Waals surface area contributed by atoms with Gasteiger partial charge in [-0.15, -0.1) is 0 Å². The van der Waals surface area contributed by atoms with Gasteiger partial charge in [0, 0.05) is 31.0 Å².